The number of benzene rings is 1. The molecule has 0 saturated heterocycles. The summed E-state index contributed by atoms with van der Waals surface area (Å²) in [4.78, 5) is 12.6. The van der Waals surface area contributed by atoms with Crippen LogP contribution in [-0.2, 0) is 15.2 Å². The van der Waals surface area contributed by atoms with Crippen LogP contribution in [0.3, 0.4) is 0 Å². The molecule has 0 aromatic heterocycles. The van der Waals surface area contributed by atoms with E-state index < -0.39 is 22.1 Å². The Bertz CT molecular complexity index is 758. The zero-order chi connectivity index (χ0) is 17.8. The molecule has 136 valence electrons. The number of hydrogen-bond donors (Lipinski definition) is 0. The lowest BCUT2D eigenvalue weighted by atomic mass is 9.50. The van der Waals surface area contributed by atoms with Gasteiger partial charge in [-0.1, -0.05) is 3.89 Å². The number of carbonyl (C=O) groups excluding carboxylic acids is 1. The average Bonchev–Trinajstić information content (AvgIpc) is 2.51. The molecule has 5 rings (SSSR count). The highest BCUT2D eigenvalue weighted by Crippen LogP contribution is 2.59. The Balaban J connectivity index is 1.48. The molecule has 0 amide bonds. The van der Waals surface area contributed by atoms with Gasteiger partial charge in [0.25, 0.3) is 0 Å². The summed E-state index contributed by atoms with van der Waals surface area (Å²) in [6, 6.07) is 5.27. The number of ether oxygens (including phenoxy) is 1. The van der Waals surface area contributed by atoms with Crippen LogP contribution in [0.25, 0.3) is 0 Å². The summed E-state index contributed by atoms with van der Waals surface area (Å²) in [5.74, 6) is 1.81. The van der Waals surface area contributed by atoms with Gasteiger partial charge in [0.1, 0.15) is 11.4 Å². The fraction of sp³-hybridized carbons (Fsp3) is 0.611. The molecule has 4 fully saturated rings. The summed E-state index contributed by atoms with van der Waals surface area (Å²) < 4.78 is 43.6. The van der Waals surface area contributed by atoms with Crippen LogP contribution in [0.1, 0.15) is 49.4 Å². The smallest absolute Gasteiger partial charge is 0.455 e. The number of rotatable bonds is 4. The monoisotopic (exact) mass is 368 g/mol. The van der Waals surface area contributed by atoms with Gasteiger partial charge in [-0.15, -0.1) is 0 Å². The first kappa shape index (κ1) is 16.8. The Kier molecular flexibility index (Phi) is 3.83. The van der Waals surface area contributed by atoms with E-state index in [1.807, 2.05) is 0 Å². The molecule has 0 unspecified atom stereocenters. The van der Waals surface area contributed by atoms with Gasteiger partial charge in [0, 0.05) is 0 Å². The van der Waals surface area contributed by atoms with Gasteiger partial charge in [-0.2, -0.15) is 8.42 Å². The number of carbonyl (C=O) groups is 1. The van der Waals surface area contributed by atoms with Crippen molar-refractivity contribution in [2.75, 3.05) is 0 Å². The van der Waals surface area contributed by atoms with Crippen molar-refractivity contribution in [3.63, 3.8) is 0 Å². The highest BCUT2D eigenvalue weighted by Gasteiger charge is 2.57. The Morgan fingerprint density at radius 2 is 1.56 bits per heavy atom. The van der Waals surface area contributed by atoms with E-state index in [0.717, 1.165) is 37.5 Å². The Morgan fingerprint density at radius 1 is 1.04 bits per heavy atom. The minimum atomic E-state index is -5.07. The third-order valence-electron chi connectivity index (χ3n) is 6.36. The first-order valence-corrected chi connectivity index (χ1v) is 10.0. The van der Waals surface area contributed by atoms with Crippen LogP contribution < -0.4 is 4.18 Å². The fourth-order valence-electron chi connectivity index (χ4n) is 5.31. The minimum absolute atomic E-state index is 0.181. The van der Waals surface area contributed by atoms with Gasteiger partial charge >= 0.3 is 16.5 Å². The van der Waals surface area contributed by atoms with Crippen LogP contribution in [0.5, 0.6) is 5.75 Å². The lowest BCUT2D eigenvalue weighted by Gasteiger charge is -2.59. The van der Waals surface area contributed by atoms with E-state index in [1.54, 1.807) is 0 Å². The van der Waals surface area contributed by atoms with Crippen molar-refractivity contribution in [3.8, 4) is 5.75 Å². The maximum Gasteiger partial charge on any atom is 0.488 e. The van der Waals surface area contributed by atoms with Crippen molar-refractivity contribution in [1.82, 2.24) is 0 Å². The fourth-order valence-corrected chi connectivity index (χ4v) is 5.65. The largest absolute Gasteiger partial charge is 0.488 e. The maximum absolute atomic E-state index is 12.6. The van der Waals surface area contributed by atoms with E-state index in [9.17, 15) is 17.1 Å². The average molecular weight is 368 g/mol. The molecule has 0 spiro atoms. The predicted octanol–water partition coefficient (Wildman–Crippen LogP) is 3.65. The molecule has 4 aliphatic rings. The van der Waals surface area contributed by atoms with Crippen molar-refractivity contribution in [2.24, 2.45) is 23.7 Å². The highest BCUT2D eigenvalue weighted by atomic mass is 32.3. The molecule has 1 aromatic carbocycles. The minimum Gasteiger partial charge on any atom is -0.455 e. The van der Waals surface area contributed by atoms with Crippen LogP contribution in [0.4, 0.5) is 3.89 Å². The SMILES string of the molecule is CC1(OC(=O)c2ccc(OS(=O)(=O)F)cc2)C2CC3CC(C2)CC1C3. The van der Waals surface area contributed by atoms with E-state index in [4.69, 9.17) is 4.74 Å². The summed E-state index contributed by atoms with van der Waals surface area (Å²) in [5, 5.41) is 0. The van der Waals surface area contributed by atoms with Gasteiger partial charge in [-0.05, 0) is 87.0 Å². The molecule has 7 heteroatoms. The lowest BCUT2D eigenvalue weighted by molar-refractivity contribution is -0.165. The molecular formula is C18H21FO5S. The van der Waals surface area contributed by atoms with Crippen LogP contribution >= 0.6 is 0 Å². The van der Waals surface area contributed by atoms with E-state index >= 15 is 0 Å². The van der Waals surface area contributed by atoms with Gasteiger partial charge in [0.2, 0.25) is 0 Å². The first-order chi connectivity index (χ1) is 11.7. The zero-order valence-corrected chi connectivity index (χ0v) is 14.8. The van der Waals surface area contributed by atoms with Crippen LogP contribution in [0.2, 0.25) is 0 Å². The van der Waals surface area contributed by atoms with E-state index in [-0.39, 0.29) is 5.75 Å². The third-order valence-corrected chi connectivity index (χ3v) is 6.75. The Morgan fingerprint density at radius 3 is 2.04 bits per heavy atom. The van der Waals surface area contributed by atoms with Crippen molar-refractivity contribution >= 4 is 16.5 Å². The molecule has 5 nitrogen and oxygen atoms in total. The van der Waals surface area contributed by atoms with Crippen LogP contribution in [-0.4, -0.2) is 20.0 Å². The normalized spacial score (nSPS) is 36.2. The standard InChI is InChI=1S/C18H21FO5S/c1-18(14-7-11-6-12(9-14)10-15(18)8-11)23-17(20)13-2-4-16(5-3-13)24-25(19,21)22/h2-5,11-12,14-15H,6-10H2,1H3. The second kappa shape index (κ2) is 5.69. The Hall–Kier alpha value is -1.63. The van der Waals surface area contributed by atoms with Gasteiger partial charge in [0.05, 0.1) is 5.56 Å². The molecular weight excluding hydrogens is 347 g/mol. The Labute approximate surface area is 146 Å². The van der Waals surface area contributed by atoms with Crippen LogP contribution in [0, 0.1) is 23.7 Å². The van der Waals surface area contributed by atoms with Crippen molar-refractivity contribution in [1.29, 1.82) is 0 Å². The van der Waals surface area contributed by atoms with E-state index in [0.29, 0.717) is 17.4 Å². The molecule has 0 radical (unpaired) electrons. The van der Waals surface area contributed by atoms with Crippen molar-refractivity contribution in [2.45, 2.75) is 44.6 Å². The molecule has 4 aliphatic carbocycles. The summed E-state index contributed by atoms with van der Waals surface area (Å²) in [7, 11) is -5.07. The molecule has 0 aliphatic heterocycles. The third kappa shape index (κ3) is 3.14. The topological polar surface area (TPSA) is 69.7 Å². The number of hydrogen-bond acceptors (Lipinski definition) is 5. The van der Waals surface area contributed by atoms with Gasteiger partial charge in [-0.25, -0.2) is 4.79 Å². The van der Waals surface area contributed by atoms with Crippen molar-refractivity contribution < 1.29 is 26.0 Å². The zero-order valence-electron chi connectivity index (χ0n) is 14.0. The number of halogens is 1. The van der Waals surface area contributed by atoms with Gasteiger partial charge < -0.3 is 8.92 Å². The highest BCUT2D eigenvalue weighted by molar-refractivity contribution is 7.81. The molecule has 25 heavy (non-hydrogen) atoms. The van der Waals surface area contributed by atoms with Gasteiger partial charge in [0.15, 0.2) is 0 Å². The number of esters is 1. The predicted molar refractivity (Wildman–Crippen MR) is 88.0 cm³/mol. The summed E-state index contributed by atoms with van der Waals surface area (Å²) in [5.41, 5.74) is -0.124. The lowest BCUT2D eigenvalue weighted by Crippen LogP contribution is -2.58. The van der Waals surface area contributed by atoms with Crippen LogP contribution in [0.15, 0.2) is 24.3 Å². The molecule has 0 heterocycles. The molecule has 0 atom stereocenters. The maximum atomic E-state index is 12.6. The van der Waals surface area contributed by atoms with Gasteiger partial charge in [-0.3, -0.25) is 0 Å². The first-order valence-electron chi connectivity index (χ1n) is 8.70. The second-order valence-electron chi connectivity index (χ2n) is 7.88. The molecule has 4 bridgehead atoms. The summed E-state index contributed by atoms with van der Waals surface area (Å²) >= 11 is 0. The second-order valence-corrected chi connectivity index (χ2v) is 8.83. The molecule has 0 N–H and O–H groups in total. The molecule has 4 saturated carbocycles. The van der Waals surface area contributed by atoms with E-state index in [2.05, 4.69) is 11.1 Å². The molecule has 1 aromatic rings. The van der Waals surface area contributed by atoms with Crippen molar-refractivity contribution in [3.05, 3.63) is 29.8 Å². The summed E-state index contributed by atoms with van der Waals surface area (Å²) in [6.07, 6.45) is 5.88. The van der Waals surface area contributed by atoms with E-state index in [1.165, 1.54) is 30.7 Å². The summed E-state index contributed by atoms with van der Waals surface area (Å²) in [6.45, 7) is 2.06. The quantitative estimate of drug-likeness (QED) is 0.599.